The standard InChI is InChI=1S/C12H18BrNO/c1-9(8-14-2)6-10-7-11(13)4-5-12(10)15-3/h4-5,7,9,14H,6,8H2,1-3H3. The van der Waals surface area contributed by atoms with Crippen molar-refractivity contribution in [3.63, 3.8) is 0 Å². The first-order valence-corrected chi connectivity index (χ1v) is 5.93. The van der Waals surface area contributed by atoms with Crippen molar-refractivity contribution in [1.82, 2.24) is 5.32 Å². The van der Waals surface area contributed by atoms with E-state index in [4.69, 9.17) is 4.74 Å². The first-order chi connectivity index (χ1) is 7.17. The molecule has 0 bridgehead atoms. The van der Waals surface area contributed by atoms with E-state index in [9.17, 15) is 0 Å². The molecule has 1 N–H and O–H groups in total. The average molecular weight is 272 g/mol. The number of nitrogens with one attached hydrogen (secondary N) is 1. The van der Waals surface area contributed by atoms with Crippen molar-refractivity contribution in [3.8, 4) is 5.75 Å². The summed E-state index contributed by atoms with van der Waals surface area (Å²) in [7, 11) is 3.70. The molecule has 15 heavy (non-hydrogen) atoms. The van der Waals surface area contributed by atoms with Gasteiger partial charge in [-0.1, -0.05) is 22.9 Å². The van der Waals surface area contributed by atoms with Gasteiger partial charge in [-0.2, -0.15) is 0 Å². The molecule has 1 unspecified atom stereocenters. The van der Waals surface area contributed by atoms with E-state index in [1.165, 1.54) is 5.56 Å². The lowest BCUT2D eigenvalue weighted by atomic mass is 10.0. The van der Waals surface area contributed by atoms with Crippen LogP contribution in [0.15, 0.2) is 22.7 Å². The maximum absolute atomic E-state index is 5.34. The summed E-state index contributed by atoms with van der Waals surface area (Å²) in [6.07, 6.45) is 1.03. The van der Waals surface area contributed by atoms with Crippen LogP contribution >= 0.6 is 15.9 Å². The molecule has 0 aromatic heterocycles. The van der Waals surface area contributed by atoms with Crippen molar-refractivity contribution >= 4 is 15.9 Å². The van der Waals surface area contributed by atoms with Crippen LogP contribution in [-0.2, 0) is 6.42 Å². The Bertz CT molecular complexity index is 314. The molecule has 3 heteroatoms. The molecule has 1 aromatic carbocycles. The smallest absolute Gasteiger partial charge is 0.122 e. The van der Waals surface area contributed by atoms with Crippen LogP contribution in [0.1, 0.15) is 12.5 Å². The van der Waals surface area contributed by atoms with E-state index < -0.39 is 0 Å². The first-order valence-electron chi connectivity index (χ1n) is 5.14. The summed E-state index contributed by atoms with van der Waals surface area (Å²) >= 11 is 3.48. The monoisotopic (exact) mass is 271 g/mol. The van der Waals surface area contributed by atoms with Crippen LogP contribution in [0.5, 0.6) is 5.75 Å². The molecule has 1 aromatic rings. The van der Waals surface area contributed by atoms with Gasteiger partial charge in [-0.05, 0) is 49.7 Å². The SMILES string of the molecule is CNCC(C)Cc1cc(Br)ccc1OC. The van der Waals surface area contributed by atoms with Crippen LogP contribution in [0.25, 0.3) is 0 Å². The van der Waals surface area contributed by atoms with E-state index >= 15 is 0 Å². The number of hydrogen-bond donors (Lipinski definition) is 1. The highest BCUT2D eigenvalue weighted by atomic mass is 79.9. The van der Waals surface area contributed by atoms with Gasteiger partial charge in [0.25, 0.3) is 0 Å². The molecule has 0 aliphatic rings. The third-order valence-corrected chi connectivity index (χ3v) is 2.86. The lowest BCUT2D eigenvalue weighted by molar-refractivity contribution is 0.404. The number of halogens is 1. The molecule has 0 amide bonds. The Hall–Kier alpha value is -0.540. The molecule has 0 spiro atoms. The molecule has 0 saturated heterocycles. The van der Waals surface area contributed by atoms with Crippen molar-refractivity contribution in [2.24, 2.45) is 5.92 Å². The average Bonchev–Trinajstić information content (AvgIpc) is 2.18. The minimum absolute atomic E-state index is 0.609. The quantitative estimate of drug-likeness (QED) is 0.890. The Kier molecular flexibility index (Phi) is 5.12. The van der Waals surface area contributed by atoms with Gasteiger partial charge in [0.05, 0.1) is 7.11 Å². The fourth-order valence-corrected chi connectivity index (χ4v) is 2.11. The number of ether oxygens (including phenoxy) is 1. The van der Waals surface area contributed by atoms with Crippen LogP contribution in [0.3, 0.4) is 0 Å². The van der Waals surface area contributed by atoms with Crippen LogP contribution in [-0.4, -0.2) is 20.7 Å². The highest BCUT2D eigenvalue weighted by molar-refractivity contribution is 9.10. The second-order valence-electron chi connectivity index (χ2n) is 3.82. The Morgan fingerprint density at radius 1 is 1.47 bits per heavy atom. The third kappa shape index (κ3) is 3.84. The predicted molar refractivity (Wildman–Crippen MR) is 67.5 cm³/mol. The lowest BCUT2D eigenvalue weighted by Crippen LogP contribution is -2.18. The van der Waals surface area contributed by atoms with Gasteiger partial charge in [0.1, 0.15) is 5.75 Å². The number of hydrogen-bond acceptors (Lipinski definition) is 2. The summed E-state index contributed by atoms with van der Waals surface area (Å²) in [4.78, 5) is 0. The Morgan fingerprint density at radius 3 is 2.80 bits per heavy atom. The molecular formula is C12H18BrNO. The van der Waals surface area contributed by atoms with Gasteiger partial charge < -0.3 is 10.1 Å². The van der Waals surface area contributed by atoms with Crippen LogP contribution in [0.4, 0.5) is 0 Å². The minimum Gasteiger partial charge on any atom is -0.496 e. The molecule has 1 rings (SSSR count). The highest BCUT2D eigenvalue weighted by Gasteiger charge is 2.08. The van der Waals surface area contributed by atoms with Crippen molar-refractivity contribution in [2.75, 3.05) is 20.7 Å². The fraction of sp³-hybridized carbons (Fsp3) is 0.500. The summed E-state index contributed by atoms with van der Waals surface area (Å²) in [5.74, 6) is 1.58. The van der Waals surface area contributed by atoms with Gasteiger partial charge in [-0.3, -0.25) is 0 Å². The van der Waals surface area contributed by atoms with Gasteiger partial charge in [-0.25, -0.2) is 0 Å². The van der Waals surface area contributed by atoms with Crippen LogP contribution in [0.2, 0.25) is 0 Å². The summed E-state index contributed by atoms with van der Waals surface area (Å²) in [5, 5.41) is 3.19. The maximum Gasteiger partial charge on any atom is 0.122 e. The van der Waals surface area contributed by atoms with Crippen LogP contribution < -0.4 is 10.1 Å². The molecule has 0 saturated carbocycles. The zero-order valence-corrected chi connectivity index (χ0v) is 11.1. The zero-order valence-electron chi connectivity index (χ0n) is 9.51. The van der Waals surface area contributed by atoms with Gasteiger partial charge in [0.2, 0.25) is 0 Å². The second kappa shape index (κ2) is 6.13. The lowest BCUT2D eigenvalue weighted by Gasteiger charge is -2.14. The van der Waals surface area contributed by atoms with Crippen LogP contribution in [0, 0.1) is 5.92 Å². The van der Waals surface area contributed by atoms with Gasteiger partial charge in [0, 0.05) is 4.47 Å². The van der Waals surface area contributed by atoms with Gasteiger partial charge in [-0.15, -0.1) is 0 Å². The fourth-order valence-electron chi connectivity index (χ4n) is 1.70. The van der Waals surface area contributed by atoms with Crippen molar-refractivity contribution in [3.05, 3.63) is 28.2 Å². The van der Waals surface area contributed by atoms with E-state index in [2.05, 4.69) is 34.2 Å². The molecule has 0 heterocycles. The van der Waals surface area contributed by atoms with Crippen molar-refractivity contribution in [1.29, 1.82) is 0 Å². The summed E-state index contributed by atoms with van der Waals surface area (Å²) in [6, 6.07) is 6.14. The molecule has 2 nitrogen and oxygen atoms in total. The molecular weight excluding hydrogens is 254 g/mol. The van der Waals surface area contributed by atoms with Gasteiger partial charge >= 0.3 is 0 Å². The normalized spacial score (nSPS) is 12.5. The molecule has 0 fully saturated rings. The molecule has 1 atom stereocenters. The largest absolute Gasteiger partial charge is 0.496 e. The molecule has 0 radical (unpaired) electrons. The Balaban J connectivity index is 2.77. The van der Waals surface area contributed by atoms with Gasteiger partial charge in [0.15, 0.2) is 0 Å². The van der Waals surface area contributed by atoms with E-state index in [1.807, 2.05) is 19.2 Å². The molecule has 0 aliphatic heterocycles. The van der Waals surface area contributed by atoms with Crippen molar-refractivity contribution < 1.29 is 4.74 Å². The minimum atomic E-state index is 0.609. The first kappa shape index (κ1) is 12.5. The zero-order chi connectivity index (χ0) is 11.3. The highest BCUT2D eigenvalue weighted by Crippen LogP contribution is 2.25. The summed E-state index contributed by atoms with van der Waals surface area (Å²) < 4.78 is 6.44. The number of benzene rings is 1. The summed E-state index contributed by atoms with van der Waals surface area (Å²) in [6.45, 7) is 3.26. The Labute approximate surface area is 100 Å². The molecule has 0 aliphatic carbocycles. The predicted octanol–water partition coefficient (Wildman–Crippen LogP) is 2.86. The number of methoxy groups -OCH3 is 1. The van der Waals surface area contributed by atoms with Crippen molar-refractivity contribution in [2.45, 2.75) is 13.3 Å². The van der Waals surface area contributed by atoms with E-state index in [0.717, 1.165) is 23.2 Å². The topological polar surface area (TPSA) is 21.3 Å². The van der Waals surface area contributed by atoms with E-state index in [1.54, 1.807) is 7.11 Å². The molecule has 84 valence electrons. The van der Waals surface area contributed by atoms with E-state index in [0.29, 0.717) is 5.92 Å². The number of rotatable bonds is 5. The Morgan fingerprint density at radius 2 is 2.20 bits per heavy atom. The summed E-state index contributed by atoms with van der Waals surface area (Å²) in [5.41, 5.74) is 1.26. The van der Waals surface area contributed by atoms with E-state index in [-0.39, 0.29) is 0 Å². The third-order valence-electron chi connectivity index (χ3n) is 2.36. The maximum atomic E-state index is 5.34. The second-order valence-corrected chi connectivity index (χ2v) is 4.74.